The molecule has 0 unspecified atom stereocenters. The van der Waals surface area contributed by atoms with Crippen molar-refractivity contribution in [3.05, 3.63) is 87.3 Å². The maximum Gasteiger partial charge on any atom is 0.339 e. The number of hydrogen-bond donors (Lipinski definition) is 2. The molecule has 0 atom stereocenters. The van der Waals surface area contributed by atoms with Gasteiger partial charge in [-0.1, -0.05) is 35.4 Å². The van der Waals surface area contributed by atoms with Gasteiger partial charge in [0.15, 0.2) is 18.1 Å². The summed E-state index contributed by atoms with van der Waals surface area (Å²) in [6, 6.07) is 16.5. The molecule has 2 N–H and O–H groups in total. The van der Waals surface area contributed by atoms with Gasteiger partial charge in [-0.25, -0.2) is 4.79 Å². The molecule has 0 spiro atoms. The Morgan fingerprint density at radius 3 is 2.29 bits per heavy atom. The molecule has 3 aromatic rings. The molecule has 0 radical (unpaired) electrons. The summed E-state index contributed by atoms with van der Waals surface area (Å²) in [7, 11) is 0. The molecular formula is C32H30ClN3O8S. The van der Waals surface area contributed by atoms with E-state index in [1.54, 1.807) is 44.2 Å². The molecule has 0 saturated carbocycles. The molecule has 0 bridgehead atoms. The van der Waals surface area contributed by atoms with Gasteiger partial charge in [-0.3, -0.25) is 24.1 Å². The van der Waals surface area contributed by atoms with Gasteiger partial charge in [0.1, 0.15) is 6.54 Å². The van der Waals surface area contributed by atoms with Gasteiger partial charge in [-0.05, 0) is 86.6 Å². The second-order valence-corrected chi connectivity index (χ2v) is 11.0. The lowest BCUT2D eigenvalue weighted by Gasteiger charge is -2.13. The van der Waals surface area contributed by atoms with Crippen molar-refractivity contribution in [3.8, 4) is 11.5 Å². The summed E-state index contributed by atoms with van der Waals surface area (Å²) >= 11 is 6.76. The number of imide groups is 1. The van der Waals surface area contributed by atoms with E-state index in [-0.39, 0.29) is 40.3 Å². The molecule has 1 saturated heterocycles. The monoisotopic (exact) mass is 651 g/mol. The van der Waals surface area contributed by atoms with Gasteiger partial charge in [0.05, 0.1) is 28.7 Å². The highest BCUT2D eigenvalue weighted by Crippen LogP contribution is 2.35. The number of carbonyl (C=O) groups excluding carboxylic acids is 5. The van der Waals surface area contributed by atoms with Crippen molar-refractivity contribution in [3.63, 3.8) is 0 Å². The van der Waals surface area contributed by atoms with Crippen molar-refractivity contribution in [2.45, 2.75) is 20.8 Å². The standard InChI is InChI=1S/C32H30ClN3O8S/c1-4-42-26-14-20(8-13-25(26)44-18-29(38)34-21-9-6-19(3)7-10-21)15-27-30(39)36(32(41)45-27)17-28(37)35-22-11-12-24(33)23(16-22)31(40)43-5-2/h6-16H,4-5,17-18H2,1-3H3,(H,34,38)(H,35,37)/b27-15-. The fourth-order valence-corrected chi connectivity index (χ4v) is 5.11. The lowest BCUT2D eigenvalue weighted by Crippen LogP contribution is -2.36. The van der Waals surface area contributed by atoms with Crippen LogP contribution in [0, 0.1) is 6.92 Å². The van der Waals surface area contributed by atoms with Crippen LogP contribution >= 0.6 is 23.4 Å². The predicted octanol–water partition coefficient (Wildman–Crippen LogP) is 5.92. The van der Waals surface area contributed by atoms with Crippen molar-refractivity contribution in [2.75, 3.05) is 37.0 Å². The van der Waals surface area contributed by atoms with E-state index in [1.165, 1.54) is 24.3 Å². The Balaban J connectivity index is 1.40. The van der Waals surface area contributed by atoms with Crippen LogP contribution in [0.2, 0.25) is 5.02 Å². The van der Waals surface area contributed by atoms with Crippen LogP contribution < -0.4 is 20.1 Å². The number of amides is 4. The molecule has 1 heterocycles. The van der Waals surface area contributed by atoms with E-state index in [0.29, 0.717) is 41.1 Å². The smallest absolute Gasteiger partial charge is 0.339 e. The third kappa shape index (κ3) is 8.87. The number of nitrogens with zero attached hydrogens (tertiary/aromatic N) is 1. The van der Waals surface area contributed by atoms with Gasteiger partial charge in [0, 0.05) is 11.4 Å². The molecule has 1 aliphatic rings. The quantitative estimate of drug-likeness (QED) is 0.180. The topological polar surface area (TPSA) is 140 Å². The number of thioether (sulfide) groups is 1. The molecule has 1 fully saturated rings. The van der Waals surface area contributed by atoms with Crippen LogP contribution in [0.1, 0.15) is 35.3 Å². The molecule has 234 valence electrons. The van der Waals surface area contributed by atoms with Crippen LogP contribution in [0.15, 0.2) is 65.6 Å². The largest absolute Gasteiger partial charge is 0.490 e. The Morgan fingerprint density at radius 2 is 1.58 bits per heavy atom. The second-order valence-electron chi connectivity index (χ2n) is 9.57. The number of rotatable bonds is 12. The van der Waals surface area contributed by atoms with Crippen molar-refractivity contribution in [1.29, 1.82) is 0 Å². The van der Waals surface area contributed by atoms with Gasteiger partial charge < -0.3 is 24.8 Å². The average molecular weight is 652 g/mol. The Bertz CT molecular complexity index is 1660. The number of anilines is 2. The first-order chi connectivity index (χ1) is 21.6. The number of aryl methyl sites for hydroxylation is 1. The highest BCUT2D eigenvalue weighted by atomic mass is 35.5. The summed E-state index contributed by atoms with van der Waals surface area (Å²) in [5.74, 6) is -1.62. The zero-order valence-electron chi connectivity index (χ0n) is 24.7. The second kappa shape index (κ2) is 15.3. The Labute approximate surface area is 268 Å². The summed E-state index contributed by atoms with van der Waals surface area (Å²) in [6.07, 6.45) is 1.50. The van der Waals surface area contributed by atoms with Gasteiger partial charge in [-0.15, -0.1) is 0 Å². The lowest BCUT2D eigenvalue weighted by molar-refractivity contribution is -0.127. The number of carbonyl (C=O) groups is 5. The van der Waals surface area contributed by atoms with E-state index in [2.05, 4.69) is 10.6 Å². The molecule has 0 aromatic heterocycles. The van der Waals surface area contributed by atoms with E-state index in [0.717, 1.165) is 10.5 Å². The fourth-order valence-electron chi connectivity index (χ4n) is 4.08. The summed E-state index contributed by atoms with van der Waals surface area (Å²) in [5.41, 5.74) is 2.57. The van der Waals surface area contributed by atoms with Gasteiger partial charge in [-0.2, -0.15) is 0 Å². The number of benzene rings is 3. The summed E-state index contributed by atoms with van der Waals surface area (Å²) in [5, 5.41) is 4.86. The zero-order valence-corrected chi connectivity index (χ0v) is 26.3. The van der Waals surface area contributed by atoms with Crippen molar-refractivity contribution >= 4 is 69.7 Å². The van der Waals surface area contributed by atoms with E-state index >= 15 is 0 Å². The first kappa shape index (κ1) is 33.1. The number of esters is 1. The SMILES string of the molecule is CCOC(=O)c1cc(NC(=O)CN2C(=O)S/C(=C\c3ccc(OCC(=O)Nc4ccc(C)cc4)c(OCC)c3)C2=O)ccc1Cl. The maximum atomic E-state index is 13.0. The summed E-state index contributed by atoms with van der Waals surface area (Å²) in [4.78, 5) is 63.8. The van der Waals surface area contributed by atoms with Crippen LogP contribution in [-0.4, -0.2) is 60.2 Å². The first-order valence-electron chi connectivity index (χ1n) is 13.9. The highest BCUT2D eigenvalue weighted by molar-refractivity contribution is 8.18. The molecule has 1 aliphatic heterocycles. The van der Waals surface area contributed by atoms with Gasteiger partial charge in [0.25, 0.3) is 17.1 Å². The molecule has 3 aromatic carbocycles. The molecular weight excluding hydrogens is 622 g/mol. The van der Waals surface area contributed by atoms with Crippen LogP contribution in [-0.2, 0) is 19.1 Å². The van der Waals surface area contributed by atoms with Gasteiger partial charge in [0.2, 0.25) is 5.91 Å². The van der Waals surface area contributed by atoms with Gasteiger partial charge >= 0.3 is 5.97 Å². The third-order valence-electron chi connectivity index (χ3n) is 6.18. The number of halogens is 1. The van der Waals surface area contributed by atoms with Crippen molar-refractivity contribution in [1.82, 2.24) is 4.90 Å². The average Bonchev–Trinajstić information content (AvgIpc) is 3.26. The number of nitrogens with one attached hydrogen (secondary N) is 2. The molecule has 0 aliphatic carbocycles. The van der Waals surface area contributed by atoms with Crippen molar-refractivity contribution < 1.29 is 38.2 Å². The van der Waals surface area contributed by atoms with Crippen LogP contribution in [0.5, 0.6) is 11.5 Å². The first-order valence-corrected chi connectivity index (χ1v) is 15.1. The normalized spacial score (nSPS) is 13.5. The molecule has 4 rings (SSSR count). The van der Waals surface area contributed by atoms with E-state index in [4.69, 9.17) is 25.8 Å². The number of hydrogen-bond acceptors (Lipinski definition) is 9. The molecule has 13 heteroatoms. The van der Waals surface area contributed by atoms with Crippen LogP contribution in [0.25, 0.3) is 6.08 Å². The highest BCUT2D eigenvalue weighted by Gasteiger charge is 2.36. The van der Waals surface area contributed by atoms with E-state index < -0.39 is 29.6 Å². The minimum absolute atomic E-state index is 0.0683. The van der Waals surface area contributed by atoms with Crippen molar-refractivity contribution in [2.24, 2.45) is 0 Å². The lowest BCUT2D eigenvalue weighted by atomic mass is 10.2. The summed E-state index contributed by atoms with van der Waals surface area (Å²) in [6.45, 7) is 5.06. The minimum atomic E-state index is -0.651. The Morgan fingerprint density at radius 1 is 0.867 bits per heavy atom. The van der Waals surface area contributed by atoms with E-state index in [1.807, 2.05) is 19.1 Å². The zero-order chi connectivity index (χ0) is 32.5. The third-order valence-corrected chi connectivity index (χ3v) is 7.42. The predicted molar refractivity (Wildman–Crippen MR) is 172 cm³/mol. The Kier molecular flexibility index (Phi) is 11.2. The van der Waals surface area contributed by atoms with Crippen LogP contribution in [0.4, 0.5) is 16.2 Å². The number of ether oxygens (including phenoxy) is 3. The summed E-state index contributed by atoms with van der Waals surface area (Å²) < 4.78 is 16.3. The minimum Gasteiger partial charge on any atom is -0.490 e. The maximum absolute atomic E-state index is 13.0. The van der Waals surface area contributed by atoms with Crippen LogP contribution in [0.3, 0.4) is 0 Å². The molecule has 4 amide bonds. The van der Waals surface area contributed by atoms with E-state index in [9.17, 15) is 24.0 Å². The Hall–Kier alpha value is -4.81. The molecule has 11 nitrogen and oxygen atoms in total. The molecule has 45 heavy (non-hydrogen) atoms. The fraction of sp³-hybridized carbons (Fsp3) is 0.219.